The number of fused-ring (bicyclic) bond motifs is 1. The van der Waals surface area contributed by atoms with Crippen LogP contribution < -0.4 is 5.32 Å². The first-order valence-corrected chi connectivity index (χ1v) is 13.8. The number of nitrogens with zero attached hydrogens (tertiary/aromatic N) is 3. The summed E-state index contributed by atoms with van der Waals surface area (Å²) in [6, 6.07) is 14.3. The van der Waals surface area contributed by atoms with Crippen LogP contribution in [0.3, 0.4) is 0 Å². The van der Waals surface area contributed by atoms with Gasteiger partial charge in [0, 0.05) is 55.3 Å². The zero-order chi connectivity index (χ0) is 26.4. The summed E-state index contributed by atoms with van der Waals surface area (Å²) in [5.41, 5.74) is 5.37. The summed E-state index contributed by atoms with van der Waals surface area (Å²) in [5, 5.41) is 3.45. The van der Waals surface area contributed by atoms with E-state index in [-0.39, 0.29) is 17.9 Å². The second-order valence-electron chi connectivity index (χ2n) is 10.3. The standard InChI is InChI=1S/C31H40N4O2/c1-5-15-34(16-6-2)31(37)27-19-26-14-13-25(20-28(26)33-29(21-27)32-22(3)4)23-9-11-24(12-10-23)30(36)35-17-7-8-18-35/h9-14,19-20,22H,5-8,15-18,21H2,1-4H3,(H,32,33). The Hall–Kier alpha value is -3.41. The Bertz CT molecular complexity index is 1170. The molecule has 0 atom stereocenters. The van der Waals surface area contributed by atoms with Gasteiger partial charge in [0.15, 0.2) is 0 Å². The Labute approximate surface area is 221 Å². The highest BCUT2D eigenvalue weighted by Gasteiger charge is 2.23. The van der Waals surface area contributed by atoms with Crippen LogP contribution in [-0.4, -0.2) is 59.7 Å². The van der Waals surface area contributed by atoms with Gasteiger partial charge in [-0.05, 0) is 74.9 Å². The van der Waals surface area contributed by atoms with Crippen LogP contribution in [0.1, 0.15) is 75.7 Å². The smallest absolute Gasteiger partial charge is 0.253 e. The van der Waals surface area contributed by atoms with E-state index in [1.54, 1.807) is 0 Å². The normalized spacial score (nSPS) is 15.1. The fraction of sp³-hybridized carbons (Fsp3) is 0.452. The van der Waals surface area contributed by atoms with Gasteiger partial charge in [0.1, 0.15) is 5.84 Å². The number of carbonyl (C=O) groups excluding carboxylic acids is 2. The van der Waals surface area contributed by atoms with E-state index in [9.17, 15) is 9.59 Å². The molecule has 1 N–H and O–H groups in total. The summed E-state index contributed by atoms with van der Waals surface area (Å²) < 4.78 is 0. The van der Waals surface area contributed by atoms with E-state index >= 15 is 0 Å². The summed E-state index contributed by atoms with van der Waals surface area (Å²) in [5.74, 6) is 1.02. The number of hydrogen-bond donors (Lipinski definition) is 1. The molecule has 0 saturated carbocycles. The quantitative estimate of drug-likeness (QED) is 0.480. The third-order valence-corrected chi connectivity index (χ3v) is 6.84. The minimum Gasteiger partial charge on any atom is -0.371 e. The fourth-order valence-electron chi connectivity index (χ4n) is 5.07. The minimum absolute atomic E-state index is 0.0946. The molecule has 1 saturated heterocycles. The molecule has 0 radical (unpaired) electrons. The molecule has 1 fully saturated rings. The van der Waals surface area contributed by atoms with E-state index in [4.69, 9.17) is 4.99 Å². The van der Waals surface area contributed by atoms with Gasteiger partial charge in [-0.3, -0.25) is 9.59 Å². The summed E-state index contributed by atoms with van der Waals surface area (Å²) in [7, 11) is 0. The van der Waals surface area contributed by atoms with Gasteiger partial charge in [-0.25, -0.2) is 4.99 Å². The predicted molar refractivity (Wildman–Crippen MR) is 152 cm³/mol. The molecule has 37 heavy (non-hydrogen) atoms. The van der Waals surface area contributed by atoms with Crippen molar-refractivity contribution >= 4 is 29.4 Å². The van der Waals surface area contributed by atoms with Crippen molar-refractivity contribution in [2.45, 2.75) is 65.8 Å². The Kier molecular flexibility index (Phi) is 8.80. The highest BCUT2D eigenvalue weighted by molar-refractivity contribution is 6.06. The lowest BCUT2D eigenvalue weighted by Gasteiger charge is -2.23. The SMILES string of the molecule is CCCN(CCC)C(=O)C1=Cc2ccc(-c3ccc(C(=O)N4CCCC4)cc3)cc2N=C(NC(C)C)C1. The van der Waals surface area contributed by atoms with Crippen molar-refractivity contribution in [2.24, 2.45) is 4.99 Å². The van der Waals surface area contributed by atoms with Gasteiger partial charge in [0.25, 0.3) is 5.91 Å². The Morgan fingerprint density at radius 1 is 0.973 bits per heavy atom. The van der Waals surface area contributed by atoms with E-state index in [0.29, 0.717) is 6.42 Å². The third kappa shape index (κ3) is 6.48. The monoisotopic (exact) mass is 500 g/mol. The molecule has 0 unspecified atom stereocenters. The second kappa shape index (κ2) is 12.2. The maximum Gasteiger partial charge on any atom is 0.253 e. The van der Waals surface area contributed by atoms with Gasteiger partial charge in [-0.1, -0.05) is 38.1 Å². The topological polar surface area (TPSA) is 65.0 Å². The third-order valence-electron chi connectivity index (χ3n) is 6.84. The van der Waals surface area contributed by atoms with E-state index < -0.39 is 0 Å². The molecule has 2 amide bonds. The van der Waals surface area contributed by atoms with Crippen LogP contribution in [0.15, 0.2) is 53.0 Å². The van der Waals surface area contributed by atoms with Crippen molar-refractivity contribution < 1.29 is 9.59 Å². The molecule has 2 aromatic carbocycles. The van der Waals surface area contributed by atoms with E-state index in [1.807, 2.05) is 46.2 Å². The largest absolute Gasteiger partial charge is 0.371 e. The van der Waals surface area contributed by atoms with Crippen molar-refractivity contribution in [3.8, 4) is 11.1 Å². The highest BCUT2D eigenvalue weighted by atomic mass is 16.2. The van der Waals surface area contributed by atoms with Crippen LogP contribution in [0.25, 0.3) is 17.2 Å². The number of likely N-dealkylation sites (tertiary alicyclic amines) is 1. The first kappa shape index (κ1) is 26.6. The summed E-state index contributed by atoms with van der Waals surface area (Å²) in [4.78, 5) is 35.1. The van der Waals surface area contributed by atoms with Crippen molar-refractivity contribution in [1.82, 2.24) is 15.1 Å². The lowest BCUT2D eigenvalue weighted by atomic mass is 9.99. The average molecular weight is 501 g/mol. The molecule has 0 aliphatic carbocycles. The van der Waals surface area contributed by atoms with Crippen molar-refractivity contribution in [3.63, 3.8) is 0 Å². The number of aliphatic imine (C=N–C) groups is 1. The number of carbonyl (C=O) groups is 2. The maximum absolute atomic E-state index is 13.5. The maximum atomic E-state index is 13.5. The number of hydrogen-bond acceptors (Lipinski definition) is 4. The molecule has 2 aliphatic heterocycles. The number of benzene rings is 2. The van der Waals surface area contributed by atoms with Gasteiger partial charge < -0.3 is 15.1 Å². The van der Waals surface area contributed by atoms with Gasteiger partial charge in [0.2, 0.25) is 5.91 Å². The van der Waals surface area contributed by atoms with Crippen LogP contribution in [0.4, 0.5) is 5.69 Å². The van der Waals surface area contributed by atoms with Crippen LogP contribution in [0.5, 0.6) is 0 Å². The van der Waals surface area contributed by atoms with Gasteiger partial charge in [-0.15, -0.1) is 0 Å². The fourth-order valence-corrected chi connectivity index (χ4v) is 5.07. The Morgan fingerprint density at radius 3 is 2.24 bits per heavy atom. The number of nitrogens with one attached hydrogen (secondary N) is 1. The van der Waals surface area contributed by atoms with Crippen LogP contribution in [-0.2, 0) is 4.79 Å². The molecule has 0 spiro atoms. The average Bonchev–Trinajstić information content (AvgIpc) is 3.36. The zero-order valence-electron chi connectivity index (χ0n) is 22.7. The molecule has 2 aliphatic rings. The number of amides is 2. The Balaban J connectivity index is 1.64. The molecule has 0 bridgehead atoms. The molecule has 6 nitrogen and oxygen atoms in total. The van der Waals surface area contributed by atoms with Gasteiger partial charge in [-0.2, -0.15) is 0 Å². The first-order valence-electron chi connectivity index (χ1n) is 13.8. The Morgan fingerprint density at radius 2 is 1.62 bits per heavy atom. The van der Waals surface area contributed by atoms with E-state index in [1.165, 1.54) is 0 Å². The molecule has 196 valence electrons. The minimum atomic E-state index is 0.0946. The zero-order valence-corrected chi connectivity index (χ0v) is 22.7. The lowest BCUT2D eigenvalue weighted by Crippen LogP contribution is -2.36. The lowest BCUT2D eigenvalue weighted by molar-refractivity contribution is -0.127. The molecular formula is C31H40N4O2. The summed E-state index contributed by atoms with van der Waals surface area (Å²) in [6.07, 6.45) is 6.54. The number of rotatable bonds is 8. The van der Waals surface area contributed by atoms with Gasteiger partial charge >= 0.3 is 0 Å². The van der Waals surface area contributed by atoms with Crippen molar-refractivity contribution in [3.05, 3.63) is 59.2 Å². The molecule has 2 aromatic rings. The predicted octanol–water partition coefficient (Wildman–Crippen LogP) is 6.05. The first-order chi connectivity index (χ1) is 17.9. The molecule has 2 heterocycles. The molecule has 6 heteroatoms. The summed E-state index contributed by atoms with van der Waals surface area (Å²) >= 11 is 0. The summed E-state index contributed by atoms with van der Waals surface area (Å²) in [6.45, 7) is 11.6. The van der Waals surface area contributed by atoms with Crippen molar-refractivity contribution in [1.29, 1.82) is 0 Å². The second-order valence-corrected chi connectivity index (χ2v) is 10.3. The van der Waals surface area contributed by atoms with Gasteiger partial charge in [0.05, 0.1) is 5.69 Å². The molecule has 0 aromatic heterocycles. The van der Waals surface area contributed by atoms with Crippen molar-refractivity contribution in [2.75, 3.05) is 26.2 Å². The van der Waals surface area contributed by atoms with E-state index in [2.05, 4.69) is 45.1 Å². The number of amidine groups is 1. The molecule has 4 rings (SSSR count). The highest BCUT2D eigenvalue weighted by Crippen LogP contribution is 2.32. The van der Waals surface area contributed by atoms with E-state index in [0.717, 1.165) is 91.2 Å². The van der Waals surface area contributed by atoms with Crippen LogP contribution in [0.2, 0.25) is 0 Å². The molecular weight excluding hydrogens is 460 g/mol. The van der Waals surface area contributed by atoms with Crippen LogP contribution >= 0.6 is 0 Å². The van der Waals surface area contributed by atoms with Crippen LogP contribution in [0, 0.1) is 0 Å².